The van der Waals surface area contributed by atoms with Gasteiger partial charge in [0, 0.05) is 24.2 Å². The molecular formula is C17H14N4O. The minimum Gasteiger partial charge on any atom is -0.345 e. The van der Waals surface area contributed by atoms with Crippen LogP contribution in [0.25, 0.3) is 11.5 Å². The van der Waals surface area contributed by atoms with E-state index in [-0.39, 0.29) is 11.9 Å². The fraction of sp³-hybridized carbons (Fsp3) is 0.118. The van der Waals surface area contributed by atoms with Gasteiger partial charge in [-0.15, -0.1) is 0 Å². The Bertz CT molecular complexity index is 826. The van der Waals surface area contributed by atoms with E-state index >= 15 is 0 Å². The number of benzene rings is 1. The van der Waals surface area contributed by atoms with Crippen molar-refractivity contribution >= 4 is 5.91 Å². The van der Waals surface area contributed by atoms with Crippen molar-refractivity contribution in [3.05, 3.63) is 71.7 Å². The molecule has 0 aliphatic heterocycles. The maximum absolute atomic E-state index is 12.4. The molecule has 5 nitrogen and oxygen atoms in total. The lowest BCUT2D eigenvalue weighted by molar-refractivity contribution is 0.0932. The molecule has 1 atom stereocenters. The average molecular weight is 290 g/mol. The van der Waals surface area contributed by atoms with E-state index in [2.05, 4.69) is 32.4 Å². The minimum absolute atomic E-state index is 0.0882. The van der Waals surface area contributed by atoms with Crippen LogP contribution in [0.15, 0.2) is 55.0 Å². The fourth-order valence-electron chi connectivity index (χ4n) is 2.74. The Kier molecular flexibility index (Phi) is 2.96. The van der Waals surface area contributed by atoms with Crippen molar-refractivity contribution in [2.24, 2.45) is 0 Å². The van der Waals surface area contributed by atoms with E-state index in [1.807, 2.05) is 12.1 Å². The number of hydrogen-bond donors (Lipinski definition) is 2. The number of H-pyrrole nitrogens is 1. The number of carbonyl (C=O) groups is 1. The van der Waals surface area contributed by atoms with Crippen LogP contribution in [-0.2, 0) is 6.42 Å². The van der Waals surface area contributed by atoms with Crippen LogP contribution in [0.5, 0.6) is 0 Å². The maximum atomic E-state index is 12.4. The van der Waals surface area contributed by atoms with Gasteiger partial charge < -0.3 is 10.3 Å². The molecular weight excluding hydrogens is 276 g/mol. The number of imidazole rings is 1. The highest BCUT2D eigenvalue weighted by molar-refractivity contribution is 5.95. The van der Waals surface area contributed by atoms with Crippen molar-refractivity contribution in [1.29, 1.82) is 0 Å². The van der Waals surface area contributed by atoms with Gasteiger partial charge in [0.25, 0.3) is 5.91 Å². The van der Waals surface area contributed by atoms with Gasteiger partial charge in [0.2, 0.25) is 0 Å². The van der Waals surface area contributed by atoms with Crippen molar-refractivity contribution in [3.8, 4) is 11.5 Å². The molecule has 0 spiro atoms. The van der Waals surface area contributed by atoms with Gasteiger partial charge in [-0.2, -0.15) is 0 Å². The van der Waals surface area contributed by atoms with Gasteiger partial charge in [-0.05, 0) is 29.7 Å². The Labute approximate surface area is 127 Å². The molecule has 1 aliphatic rings. The Balaban J connectivity index is 1.53. The van der Waals surface area contributed by atoms with E-state index in [4.69, 9.17) is 0 Å². The zero-order valence-corrected chi connectivity index (χ0v) is 11.8. The van der Waals surface area contributed by atoms with E-state index in [1.165, 1.54) is 11.1 Å². The highest BCUT2D eigenvalue weighted by Gasteiger charge is 2.27. The van der Waals surface area contributed by atoms with Crippen molar-refractivity contribution < 1.29 is 4.79 Å². The molecule has 0 saturated heterocycles. The number of aromatic amines is 1. The highest BCUT2D eigenvalue weighted by atomic mass is 16.1. The van der Waals surface area contributed by atoms with Crippen molar-refractivity contribution in [2.75, 3.05) is 0 Å². The zero-order chi connectivity index (χ0) is 14.9. The summed E-state index contributed by atoms with van der Waals surface area (Å²) in [6, 6.07) is 11.7. The number of nitrogens with one attached hydrogen (secondary N) is 2. The van der Waals surface area contributed by atoms with E-state index in [0.29, 0.717) is 17.1 Å². The Morgan fingerprint density at radius 3 is 2.91 bits per heavy atom. The van der Waals surface area contributed by atoms with Crippen molar-refractivity contribution in [1.82, 2.24) is 20.3 Å². The number of rotatable bonds is 3. The lowest BCUT2D eigenvalue weighted by Crippen LogP contribution is -2.35. The SMILES string of the molecule is O=C(NC1Cc2ccccc21)c1ccnc(-c2ncc[nH]2)c1. The van der Waals surface area contributed by atoms with Gasteiger partial charge in [0.05, 0.1) is 6.04 Å². The summed E-state index contributed by atoms with van der Waals surface area (Å²) in [5.41, 5.74) is 3.76. The molecule has 108 valence electrons. The number of aromatic nitrogens is 3. The monoisotopic (exact) mass is 290 g/mol. The molecule has 0 fully saturated rings. The molecule has 4 rings (SSSR count). The summed E-state index contributed by atoms with van der Waals surface area (Å²) in [6.07, 6.45) is 5.91. The zero-order valence-electron chi connectivity index (χ0n) is 11.8. The van der Waals surface area contributed by atoms with Crippen LogP contribution in [0.2, 0.25) is 0 Å². The molecule has 1 aromatic carbocycles. The van der Waals surface area contributed by atoms with Gasteiger partial charge in [-0.3, -0.25) is 9.78 Å². The van der Waals surface area contributed by atoms with Crippen LogP contribution in [0.4, 0.5) is 0 Å². The maximum Gasteiger partial charge on any atom is 0.251 e. The van der Waals surface area contributed by atoms with Crippen LogP contribution >= 0.6 is 0 Å². The summed E-state index contributed by atoms with van der Waals surface area (Å²) in [5.74, 6) is 0.568. The predicted octanol–water partition coefficient (Wildman–Crippen LogP) is 2.50. The first-order valence-electron chi connectivity index (χ1n) is 7.16. The summed E-state index contributed by atoms with van der Waals surface area (Å²) in [5, 5.41) is 3.06. The summed E-state index contributed by atoms with van der Waals surface area (Å²) in [6.45, 7) is 0. The smallest absolute Gasteiger partial charge is 0.251 e. The van der Waals surface area contributed by atoms with Crippen LogP contribution in [0.1, 0.15) is 27.5 Å². The number of hydrogen-bond acceptors (Lipinski definition) is 3. The molecule has 2 heterocycles. The van der Waals surface area contributed by atoms with Crippen molar-refractivity contribution in [3.63, 3.8) is 0 Å². The number of pyridine rings is 1. The Morgan fingerprint density at radius 2 is 2.09 bits per heavy atom. The molecule has 5 heteroatoms. The van der Waals surface area contributed by atoms with Crippen LogP contribution < -0.4 is 5.32 Å². The first-order chi connectivity index (χ1) is 10.8. The summed E-state index contributed by atoms with van der Waals surface area (Å²) in [7, 11) is 0. The standard InChI is InChI=1S/C17H14N4O/c22-17(21-14-9-11-3-1-2-4-13(11)14)12-5-6-18-15(10-12)16-19-7-8-20-16/h1-8,10,14H,9H2,(H,19,20)(H,21,22). The van der Waals surface area contributed by atoms with Gasteiger partial charge in [0.1, 0.15) is 5.69 Å². The van der Waals surface area contributed by atoms with Crippen LogP contribution in [0, 0.1) is 0 Å². The van der Waals surface area contributed by atoms with Gasteiger partial charge in [-0.1, -0.05) is 24.3 Å². The minimum atomic E-state index is -0.0882. The molecule has 1 aliphatic carbocycles. The van der Waals surface area contributed by atoms with Gasteiger partial charge in [0.15, 0.2) is 5.82 Å². The number of fused-ring (bicyclic) bond motifs is 1. The molecule has 3 aromatic rings. The average Bonchev–Trinajstić information content (AvgIpc) is 3.07. The number of carbonyl (C=O) groups excluding carboxylic acids is 1. The number of nitrogens with zero attached hydrogens (tertiary/aromatic N) is 2. The topological polar surface area (TPSA) is 70.7 Å². The number of amides is 1. The van der Waals surface area contributed by atoms with Gasteiger partial charge in [-0.25, -0.2) is 4.98 Å². The molecule has 22 heavy (non-hydrogen) atoms. The molecule has 2 aromatic heterocycles. The van der Waals surface area contributed by atoms with E-state index in [1.54, 1.807) is 30.7 Å². The van der Waals surface area contributed by atoms with E-state index in [9.17, 15) is 4.79 Å². The van der Waals surface area contributed by atoms with Crippen LogP contribution in [0.3, 0.4) is 0 Å². The van der Waals surface area contributed by atoms with Crippen molar-refractivity contribution in [2.45, 2.75) is 12.5 Å². The lowest BCUT2D eigenvalue weighted by Gasteiger charge is -2.30. The summed E-state index contributed by atoms with van der Waals surface area (Å²) >= 11 is 0. The third-order valence-electron chi connectivity index (χ3n) is 3.92. The molecule has 0 saturated carbocycles. The summed E-state index contributed by atoms with van der Waals surface area (Å²) < 4.78 is 0. The molecule has 2 N–H and O–H groups in total. The highest BCUT2D eigenvalue weighted by Crippen LogP contribution is 2.32. The Hall–Kier alpha value is -2.95. The predicted molar refractivity (Wildman–Crippen MR) is 82.2 cm³/mol. The summed E-state index contributed by atoms with van der Waals surface area (Å²) in [4.78, 5) is 23.8. The Morgan fingerprint density at radius 1 is 1.18 bits per heavy atom. The largest absolute Gasteiger partial charge is 0.345 e. The second kappa shape index (κ2) is 5.11. The first kappa shape index (κ1) is 12.8. The van der Waals surface area contributed by atoms with E-state index in [0.717, 1.165) is 6.42 Å². The quantitative estimate of drug-likeness (QED) is 0.778. The second-order valence-corrected chi connectivity index (χ2v) is 5.30. The van der Waals surface area contributed by atoms with Gasteiger partial charge >= 0.3 is 0 Å². The van der Waals surface area contributed by atoms with Crippen LogP contribution in [-0.4, -0.2) is 20.9 Å². The molecule has 1 unspecified atom stereocenters. The third kappa shape index (κ3) is 2.16. The lowest BCUT2D eigenvalue weighted by atomic mass is 9.83. The molecule has 0 bridgehead atoms. The normalized spacial score (nSPS) is 15.7. The first-order valence-corrected chi connectivity index (χ1v) is 7.16. The third-order valence-corrected chi connectivity index (χ3v) is 3.92. The fourth-order valence-corrected chi connectivity index (χ4v) is 2.74. The molecule has 1 amide bonds. The second-order valence-electron chi connectivity index (χ2n) is 5.30. The van der Waals surface area contributed by atoms with E-state index < -0.39 is 0 Å². The molecule has 0 radical (unpaired) electrons.